The fraction of sp³-hybridized carbons (Fsp3) is 0.722. The maximum Gasteiger partial charge on any atom is 0.260 e. The number of ether oxygens (including phenoxy) is 1. The van der Waals surface area contributed by atoms with E-state index in [-0.39, 0.29) is 40.5 Å². The summed E-state index contributed by atoms with van der Waals surface area (Å²) < 4.78 is 6.03. The molecule has 1 saturated heterocycles. The highest BCUT2D eigenvalue weighted by atomic mass is 16.6. The molecule has 4 aliphatic carbocycles. The van der Waals surface area contributed by atoms with Crippen LogP contribution in [-0.2, 0) is 19.8 Å². The fourth-order valence-electron chi connectivity index (χ4n) is 10.2. The van der Waals surface area contributed by atoms with E-state index in [4.69, 9.17) is 9.57 Å². The van der Waals surface area contributed by atoms with Gasteiger partial charge in [-0.2, -0.15) is 0 Å². The van der Waals surface area contributed by atoms with Crippen molar-refractivity contribution in [2.75, 3.05) is 19.8 Å². The molecule has 3 saturated carbocycles. The van der Waals surface area contributed by atoms with Gasteiger partial charge in [0.25, 0.3) is 5.91 Å². The SMILES string of the molecule is CC1(C)C[C@](CCNC(=O)CO/N=C2\C=C3CC[C@@H]4[C@@H]5CC[C@H](O)[C@@]5(C)CC[C@@H]4[C@@]3(C)CC2)(c2ccccc2)CCO1. The van der Waals surface area contributed by atoms with E-state index in [1.807, 2.05) is 0 Å². The molecule has 5 aliphatic rings. The normalized spacial score (nSPS) is 39.9. The highest BCUT2D eigenvalue weighted by Crippen LogP contribution is 2.65. The number of nitrogens with zero attached hydrogens (tertiary/aromatic N) is 1. The Morgan fingerprint density at radius 3 is 2.62 bits per heavy atom. The number of hydrogen-bond donors (Lipinski definition) is 2. The van der Waals surface area contributed by atoms with E-state index in [0.717, 1.165) is 69.6 Å². The minimum atomic E-state index is -0.183. The Kier molecular flexibility index (Phi) is 8.10. The predicted molar refractivity (Wildman–Crippen MR) is 166 cm³/mol. The molecule has 2 N–H and O–H groups in total. The van der Waals surface area contributed by atoms with E-state index >= 15 is 0 Å². The van der Waals surface area contributed by atoms with Gasteiger partial charge >= 0.3 is 0 Å². The van der Waals surface area contributed by atoms with Crippen molar-refractivity contribution in [3.63, 3.8) is 0 Å². The quantitative estimate of drug-likeness (QED) is 0.353. The molecule has 6 nitrogen and oxygen atoms in total. The van der Waals surface area contributed by atoms with Crippen molar-refractivity contribution in [2.24, 2.45) is 33.7 Å². The van der Waals surface area contributed by atoms with Crippen LogP contribution in [0.2, 0.25) is 0 Å². The lowest BCUT2D eigenvalue weighted by atomic mass is 9.47. The summed E-state index contributed by atoms with van der Waals surface area (Å²) in [4.78, 5) is 18.3. The van der Waals surface area contributed by atoms with Crippen molar-refractivity contribution < 1.29 is 19.5 Å². The zero-order valence-corrected chi connectivity index (χ0v) is 26.3. The number of fused-ring (bicyclic) bond motifs is 5. The number of nitrogens with one attached hydrogen (secondary N) is 1. The summed E-state index contributed by atoms with van der Waals surface area (Å²) in [5.74, 6) is 1.98. The molecule has 1 heterocycles. The second-order valence-electron chi connectivity index (χ2n) is 15.3. The molecule has 1 aromatic rings. The van der Waals surface area contributed by atoms with Crippen LogP contribution in [-0.4, -0.2) is 48.2 Å². The smallest absolute Gasteiger partial charge is 0.260 e. The Bertz CT molecular complexity index is 1210. The zero-order valence-electron chi connectivity index (χ0n) is 26.3. The molecule has 0 bridgehead atoms. The van der Waals surface area contributed by atoms with Crippen molar-refractivity contribution in [2.45, 2.75) is 115 Å². The number of rotatable bonds is 7. The molecule has 0 spiro atoms. The fourth-order valence-corrected chi connectivity index (χ4v) is 10.2. The van der Waals surface area contributed by atoms with E-state index < -0.39 is 0 Å². The number of aliphatic hydroxyl groups is 1. The number of benzene rings is 1. The zero-order chi connectivity index (χ0) is 29.6. The molecule has 1 aliphatic heterocycles. The van der Waals surface area contributed by atoms with Gasteiger partial charge in [0, 0.05) is 18.6 Å². The molecule has 1 amide bonds. The molecule has 42 heavy (non-hydrogen) atoms. The molecule has 0 unspecified atom stereocenters. The first-order chi connectivity index (χ1) is 20.0. The Morgan fingerprint density at radius 2 is 1.83 bits per heavy atom. The highest BCUT2D eigenvalue weighted by Gasteiger charge is 2.58. The van der Waals surface area contributed by atoms with Gasteiger partial charge < -0.3 is 20.0 Å². The van der Waals surface area contributed by atoms with Gasteiger partial charge in [0.05, 0.1) is 17.4 Å². The van der Waals surface area contributed by atoms with Crippen LogP contribution in [0.1, 0.15) is 104 Å². The van der Waals surface area contributed by atoms with Crippen LogP contribution in [0.15, 0.2) is 47.1 Å². The van der Waals surface area contributed by atoms with Gasteiger partial charge in [-0.3, -0.25) is 4.79 Å². The number of oxime groups is 1. The second-order valence-corrected chi connectivity index (χ2v) is 15.3. The first-order valence-electron chi connectivity index (χ1n) is 16.6. The molecule has 7 atom stereocenters. The lowest BCUT2D eigenvalue weighted by Gasteiger charge is -2.57. The van der Waals surface area contributed by atoms with Crippen LogP contribution in [0.4, 0.5) is 0 Å². The van der Waals surface area contributed by atoms with Crippen molar-refractivity contribution in [1.29, 1.82) is 0 Å². The van der Waals surface area contributed by atoms with Gasteiger partial charge in [0.15, 0.2) is 6.61 Å². The minimum absolute atomic E-state index is 0.00810. The molecule has 6 rings (SSSR count). The van der Waals surface area contributed by atoms with Crippen LogP contribution in [0.25, 0.3) is 0 Å². The third-order valence-corrected chi connectivity index (χ3v) is 12.5. The standard InChI is InChI=1S/C36H52N2O4/c1-33(2)24-36(19-21-41-33,25-8-6-5-7-9-25)18-20-37-32(40)23-42-38-27-14-16-34(3)26(22-27)10-11-28-29-12-13-31(39)35(29,4)17-15-30(28)34/h5-9,22,28-31,39H,10-21,23-24H2,1-4H3,(H,37,40)/b38-27-/t28-,29+,30+,31+,34+,35+,36-/m1/s1. The number of amides is 1. The lowest BCUT2D eigenvalue weighted by Crippen LogP contribution is -2.51. The minimum Gasteiger partial charge on any atom is -0.393 e. The second kappa shape index (κ2) is 11.4. The number of carbonyl (C=O) groups excluding carboxylic acids is 1. The van der Waals surface area contributed by atoms with Gasteiger partial charge in [-0.1, -0.05) is 54.9 Å². The summed E-state index contributed by atoms with van der Waals surface area (Å²) in [6.45, 7) is 10.4. The van der Waals surface area contributed by atoms with E-state index in [9.17, 15) is 9.90 Å². The van der Waals surface area contributed by atoms with Gasteiger partial charge in [0.2, 0.25) is 0 Å². The molecular weight excluding hydrogens is 524 g/mol. The van der Waals surface area contributed by atoms with Crippen LogP contribution >= 0.6 is 0 Å². The van der Waals surface area contributed by atoms with Crippen molar-refractivity contribution in [3.8, 4) is 0 Å². The number of allylic oxidation sites excluding steroid dienone is 2. The maximum atomic E-state index is 12.7. The van der Waals surface area contributed by atoms with Crippen molar-refractivity contribution >= 4 is 11.6 Å². The summed E-state index contributed by atoms with van der Waals surface area (Å²) in [7, 11) is 0. The van der Waals surface area contributed by atoms with Crippen molar-refractivity contribution in [3.05, 3.63) is 47.5 Å². The molecule has 1 aromatic carbocycles. The number of hydrogen-bond acceptors (Lipinski definition) is 5. The lowest BCUT2D eigenvalue weighted by molar-refractivity contribution is -0.125. The monoisotopic (exact) mass is 576 g/mol. The molecule has 0 aromatic heterocycles. The average Bonchev–Trinajstić information content (AvgIpc) is 3.27. The van der Waals surface area contributed by atoms with Crippen molar-refractivity contribution in [1.82, 2.24) is 5.32 Å². The van der Waals surface area contributed by atoms with E-state index in [1.54, 1.807) is 0 Å². The maximum absolute atomic E-state index is 12.7. The van der Waals surface area contributed by atoms with Gasteiger partial charge in [0.1, 0.15) is 0 Å². The van der Waals surface area contributed by atoms with Crippen LogP contribution in [0.3, 0.4) is 0 Å². The van der Waals surface area contributed by atoms with E-state index in [1.165, 1.54) is 30.4 Å². The number of carbonyl (C=O) groups is 1. The third-order valence-electron chi connectivity index (χ3n) is 12.5. The Hall–Kier alpha value is -2.18. The van der Waals surface area contributed by atoms with Crippen LogP contribution < -0.4 is 5.32 Å². The summed E-state index contributed by atoms with van der Waals surface area (Å²) >= 11 is 0. The van der Waals surface area contributed by atoms with Crippen LogP contribution in [0, 0.1) is 28.6 Å². The average molecular weight is 577 g/mol. The molecule has 6 heteroatoms. The van der Waals surface area contributed by atoms with E-state index in [2.05, 4.69) is 74.6 Å². The first kappa shape index (κ1) is 29.9. The molecule has 4 fully saturated rings. The largest absolute Gasteiger partial charge is 0.393 e. The van der Waals surface area contributed by atoms with Crippen LogP contribution in [0.5, 0.6) is 0 Å². The van der Waals surface area contributed by atoms with Gasteiger partial charge in [-0.05, 0) is 125 Å². The summed E-state index contributed by atoms with van der Waals surface area (Å²) in [6, 6.07) is 10.7. The third kappa shape index (κ3) is 5.47. The predicted octanol–water partition coefficient (Wildman–Crippen LogP) is 6.72. The highest BCUT2D eigenvalue weighted by molar-refractivity contribution is 5.96. The van der Waals surface area contributed by atoms with E-state index in [0.29, 0.717) is 18.4 Å². The first-order valence-corrected chi connectivity index (χ1v) is 16.6. The molecule has 230 valence electrons. The Balaban J connectivity index is 1.02. The summed E-state index contributed by atoms with van der Waals surface area (Å²) in [5, 5.41) is 18.3. The molecular formula is C36H52N2O4. The topological polar surface area (TPSA) is 80.2 Å². The summed E-state index contributed by atoms with van der Waals surface area (Å²) in [5.41, 5.74) is 3.98. The Labute approximate surface area is 252 Å². The van der Waals surface area contributed by atoms with Gasteiger partial charge in [-0.15, -0.1) is 0 Å². The summed E-state index contributed by atoms with van der Waals surface area (Å²) in [6.07, 6.45) is 13.8. The molecule has 0 radical (unpaired) electrons. The number of aliphatic hydroxyl groups excluding tert-OH is 1. The Morgan fingerprint density at radius 1 is 1.02 bits per heavy atom. The van der Waals surface area contributed by atoms with Gasteiger partial charge in [-0.25, -0.2) is 0 Å².